The van der Waals surface area contributed by atoms with Crippen molar-refractivity contribution in [2.75, 3.05) is 13.1 Å². The minimum absolute atomic E-state index is 0.286. The Bertz CT molecular complexity index is 334. The van der Waals surface area contributed by atoms with Crippen LogP contribution in [0.5, 0.6) is 0 Å². The third-order valence-electron chi connectivity index (χ3n) is 2.40. The number of nitrogens with one attached hydrogen (secondary N) is 1. The van der Waals surface area contributed by atoms with Crippen molar-refractivity contribution in [3.8, 4) is 0 Å². The van der Waals surface area contributed by atoms with E-state index in [-0.39, 0.29) is 5.84 Å². The molecule has 0 amide bonds. The highest BCUT2D eigenvalue weighted by Gasteiger charge is 1.97. The quantitative estimate of drug-likeness (QED) is 0.201. The summed E-state index contributed by atoms with van der Waals surface area (Å²) in [6, 6.07) is 2.01. The lowest BCUT2D eigenvalue weighted by atomic mass is 10.2. The topological polar surface area (TPSA) is 88.5 Å². The predicted molar refractivity (Wildman–Crippen MR) is 62.4 cm³/mol. The second-order valence-corrected chi connectivity index (χ2v) is 3.64. The highest BCUT2D eigenvalue weighted by atomic mass is 16.4. The third-order valence-corrected chi connectivity index (χ3v) is 2.40. The second kappa shape index (κ2) is 6.84. The molecule has 1 heterocycles. The molecule has 1 aromatic heterocycles. The molecule has 1 aromatic rings. The molecule has 0 aromatic carbocycles. The van der Waals surface area contributed by atoms with Crippen molar-refractivity contribution in [1.29, 1.82) is 0 Å². The van der Waals surface area contributed by atoms with Crippen LogP contribution in [0.25, 0.3) is 0 Å². The van der Waals surface area contributed by atoms with Crippen molar-refractivity contribution in [3.05, 3.63) is 18.0 Å². The van der Waals surface area contributed by atoms with E-state index in [0.717, 1.165) is 25.9 Å². The Balaban J connectivity index is 2.03. The number of amidine groups is 1. The summed E-state index contributed by atoms with van der Waals surface area (Å²) in [7, 11) is 1.94. The first-order valence-electron chi connectivity index (χ1n) is 5.38. The second-order valence-electron chi connectivity index (χ2n) is 3.64. The van der Waals surface area contributed by atoms with E-state index in [4.69, 9.17) is 10.9 Å². The van der Waals surface area contributed by atoms with Crippen molar-refractivity contribution in [2.24, 2.45) is 17.9 Å². The molecule has 0 spiro atoms. The Hall–Kier alpha value is -1.56. The van der Waals surface area contributed by atoms with Crippen LogP contribution < -0.4 is 11.1 Å². The minimum Gasteiger partial charge on any atom is -0.409 e. The number of hydrogen-bond donors (Lipinski definition) is 3. The first-order valence-corrected chi connectivity index (χ1v) is 5.38. The van der Waals surface area contributed by atoms with E-state index in [0.29, 0.717) is 6.42 Å². The van der Waals surface area contributed by atoms with Gasteiger partial charge < -0.3 is 16.3 Å². The summed E-state index contributed by atoms with van der Waals surface area (Å²) in [5, 5.41) is 18.6. The Morgan fingerprint density at radius 2 is 2.44 bits per heavy atom. The fourth-order valence-electron chi connectivity index (χ4n) is 1.43. The normalized spacial score (nSPS) is 11.9. The monoisotopic (exact) mass is 225 g/mol. The van der Waals surface area contributed by atoms with Crippen LogP contribution in [0.2, 0.25) is 0 Å². The van der Waals surface area contributed by atoms with Crippen LogP contribution >= 0.6 is 0 Å². The minimum atomic E-state index is 0.286. The summed E-state index contributed by atoms with van der Waals surface area (Å²) < 4.78 is 1.87. The largest absolute Gasteiger partial charge is 0.409 e. The molecule has 4 N–H and O–H groups in total. The Morgan fingerprint density at radius 3 is 3.06 bits per heavy atom. The van der Waals surface area contributed by atoms with Gasteiger partial charge in [-0.25, -0.2) is 0 Å². The number of hydrogen-bond acceptors (Lipinski definition) is 4. The van der Waals surface area contributed by atoms with Gasteiger partial charge in [-0.3, -0.25) is 4.68 Å². The fourth-order valence-corrected chi connectivity index (χ4v) is 1.43. The van der Waals surface area contributed by atoms with Gasteiger partial charge in [0.15, 0.2) is 0 Å². The Labute approximate surface area is 95.1 Å². The molecule has 0 bridgehead atoms. The molecule has 6 nitrogen and oxygen atoms in total. The first-order chi connectivity index (χ1) is 7.74. The van der Waals surface area contributed by atoms with Crippen LogP contribution in [-0.2, 0) is 13.5 Å². The van der Waals surface area contributed by atoms with Crippen molar-refractivity contribution in [1.82, 2.24) is 15.1 Å². The molecule has 0 saturated heterocycles. The maximum Gasteiger partial charge on any atom is 0.139 e. The van der Waals surface area contributed by atoms with Crippen molar-refractivity contribution >= 4 is 5.84 Å². The van der Waals surface area contributed by atoms with Crippen molar-refractivity contribution in [2.45, 2.75) is 19.3 Å². The highest BCUT2D eigenvalue weighted by Crippen LogP contribution is 1.96. The van der Waals surface area contributed by atoms with Gasteiger partial charge in [0.25, 0.3) is 0 Å². The number of rotatable bonds is 7. The van der Waals surface area contributed by atoms with E-state index < -0.39 is 0 Å². The standard InChI is InChI=1S/C10H19N5O/c1-15-9(5-8-13-15)4-7-12-6-2-3-10(11)14-16/h5,8,12,16H,2-4,6-7H2,1H3,(H2,11,14). The fraction of sp³-hybridized carbons (Fsp3) is 0.600. The number of nitrogens with zero attached hydrogens (tertiary/aromatic N) is 3. The maximum absolute atomic E-state index is 8.33. The molecule has 0 atom stereocenters. The number of oxime groups is 1. The molecule has 0 radical (unpaired) electrons. The van der Waals surface area contributed by atoms with E-state index in [9.17, 15) is 0 Å². The molecular weight excluding hydrogens is 206 g/mol. The molecule has 0 aliphatic carbocycles. The smallest absolute Gasteiger partial charge is 0.139 e. The highest BCUT2D eigenvalue weighted by molar-refractivity contribution is 5.79. The van der Waals surface area contributed by atoms with Gasteiger partial charge in [0.05, 0.1) is 0 Å². The van der Waals surface area contributed by atoms with Crippen molar-refractivity contribution in [3.63, 3.8) is 0 Å². The molecule has 1 rings (SSSR count). The molecular formula is C10H19N5O. The van der Waals surface area contributed by atoms with Crippen LogP contribution in [0.1, 0.15) is 18.5 Å². The molecule has 0 aliphatic rings. The number of aryl methyl sites for hydroxylation is 1. The third kappa shape index (κ3) is 4.31. The van der Waals surface area contributed by atoms with Gasteiger partial charge in [-0.15, -0.1) is 0 Å². The van der Waals surface area contributed by atoms with E-state index >= 15 is 0 Å². The zero-order valence-corrected chi connectivity index (χ0v) is 9.56. The van der Waals surface area contributed by atoms with Crippen LogP contribution in [0.3, 0.4) is 0 Å². The van der Waals surface area contributed by atoms with Gasteiger partial charge in [0.2, 0.25) is 0 Å². The maximum atomic E-state index is 8.33. The summed E-state index contributed by atoms with van der Waals surface area (Å²) >= 11 is 0. The molecule has 6 heteroatoms. The van der Waals surface area contributed by atoms with E-state index in [1.807, 2.05) is 17.8 Å². The summed E-state index contributed by atoms with van der Waals surface area (Å²) in [6.07, 6.45) is 4.25. The van der Waals surface area contributed by atoms with Crippen LogP contribution in [0.15, 0.2) is 17.4 Å². The summed E-state index contributed by atoms with van der Waals surface area (Å²) in [6.45, 7) is 1.78. The SMILES string of the molecule is Cn1nccc1CCNCCC/C(N)=N/O. The van der Waals surface area contributed by atoms with Crippen LogP contribution in [0.4, 0.5) is 0 Å². The van der Waals surface area contributed by atoms with Gasteiger partial charge in [0, 0.05) is 38.3 Å². The zero-order chi connectivity index (χ0) is 11.8. The lowest BCUT2D eigenvalue weighted by Crippen LogP contribution is -2.21. The molecule has 90 valence electrons. The van der Waals surface area contributed by atoms with Crippen molar-refractivity contribution < 1.29 is 5.21 Å². The molecule has 0 unspecified atom stereocenters. The van der Waals surface area contributed by atoms with E-state index in [1.165, 1.54) is 5.69 Å². The number of aromatic nitrogens is 2. The average molecular weight is 225 g/mol. The average Bonchev–Trinajstić information content (AvgIpc) is 2.69. The Morgan fingerprint density at radius 1 is 1.62 bits per heavy atom. The first kappa shape index (κ1) is 12.5. The van der Waals surface area contributed by atoms with Gasteiger partial charge in [-0.1, -0.05) is 5.16 Å². The number of nitrogens with two attached hydrogens (primary N) is 1. The van der Waals surface area contributed by atoms with E-state index in [1.54, 1.807) is 6.20 Å². The molecule has 16 heavy (non-hydrogen) atoms. The Kier molecular flexibility index (Phi) is 5.35. The van der Waals surface area contributed by atoms with Gasteiger partial charge in [-0.05, 0) is 19.0 Å². The van der Waals surface area contributed by atoms with Gasteiger partial charge >= 0.3 is 0 Å². The molecule has 0 fully saturated rings. The summed E-state index contributed by atoms with van der Waals surface area (Å²) in [5.41, 5.74) is 6.56. The molecule has 0 saturated carbocycles. The molecule has 0 aliphatic heterocycles. The van der Waals surface area contributed by atoms with E-state index in [2.05, 4.69) is 15.6 Å². The lowest BCUT2D eigenvalue weighted by molar-refractivity contribution is 0.316. The summed E-state index contributed by atoms with van der Waals surface area (Å²) in [5.74, 6) is 0.286. The van der Waals surface area contributed by atoms with Crippen LogP contribution in [-0.4, -0.2) is 33.9 Å². The van der Waals surface area contributed by atoms with Gasteiger partial charge in [0.1, 0.15) is 5.84 Å². The lowest BCUT2D eigenvalue weighted by Gasteiger charge is -2.04. The summed E-state index contributed by atoms with van der Waals surface area (Å²) in [4.78, 5) is 0. The zero-order valence-electron chi connectivity index (χ0n) is 9.56. The van der Waals surface area contributed by atoms with Crippen LogP contribution in [0, 0.1) is 0 Å². The predicted octanol–water partition coefficient (Wildman–Crippen LogP) is 0.0788. The van der Waals surface area contributed by atoms with Gasteiger partial charge in [-0.2, -0.15) is 5.10 Å².